The molecular weight excluding hydrogens is 380 g/mol. The van der Waals surface area contributed by atoms with Crippen molar-refractivity contribution in [2.45, 2.75) is 37.3 Å². The first kappa shape index (κ1) is 19.6. The van der Waals surface area contributed by atoms with Crippen LogP contribution in [0.5, 0.6) is 0 Å². The molecule has 2 aromatic rings. The summed E-state index contributed by atoms with van der Waals surface area (Å²) in [7, 11) is 0. The number of H-pyrrole nitrogens is 1. The van der Waals surface area contributed by atoms with Gasteiger partial charge in [-0.2, -0.15) is 4.98 Å². The molecule has 1 fully saturated rings. The van der Waals surface area contributed by atoms with E-state index >= 15 is 0 Å². The second-order valence-corrected chi connectivity index (χ2v) is 7.02. The molecule has 11 heteroatoms. The quantitative estimate of drug-likeness (QED) is 0.290. The van der Waals surface area contributed by atoms with Crippen molar-refractivity contribution < 1.29 is 20.1 Å². The smallest absolute Gasteiger partial charge is 0.277 e. The molecule has 11 nitrogen and oxygen atoms in total. The van der Waals surface area contributed by atoms with Crippen LogP contribution < -0.4 is 26.8 Å². The van der Waals surface area contributed by atoms with Crippen LogP contribution in [-0.4, -0.2) is 69.3 Å². The predicted molar refractivity (Wildman–Crippen MR) is 105 cm³/mol. The molecule has 3 heterocycles. The summed E-state index contributed by atoms with van der Waals surface area (Å²) in [6, 6.07) is 9.87. The monoisotopic (exact) mass is 404 g/mol. The molecule has 29 heavy (non-hydrogen) atoms. The standard InChI is InChI=1S/C18H24N6O5/c19-17-22-14-11(15(28)23-17)21-18(20-7-6-9-4-2-1-3-5-9)24(14)16-13(27)12(26)10(8-25)29-16/h1-5,10,12-13,16,18,20-21,25-27H,6-8H2,(H3,19,22,23,28). The molecule has 4 rings (SSSR count). The number of fused-ring (bicyclic) bond motifs is 1. The lowest BCUT2D eigenvalue weighted by molar-refractivity contribution is -0.0245. The van der Waals surface area contributed by atoms with Gasteiger partial charge in [-0.05, 0) is 12.0 Å². The topological polar surface area (TPSA) is 169 Å². The lowest BCUT2D eigenvalue weighted by Crippen LogP contribution is -2.56. The zero-order chi connectivity index (χ0) is 20.5. The SMILES string of the molecule is Nc1nc2c(c(=O)[nH]1)NC(NCCc1ccccc1)N2C1OC(CO)C(O)C1O. The van der Waals surface area contributed by atoms with Crippen LogP contribution in [0.2, 0.25) is 0 Å². The summed E-state index contributed by atoms with van der Waals surface area (Å²) in [5.41, 5.74) is 6.54. The van der Waals surface area contributed by atoms with Gasteiger partial charge in [0, 0.05) is 6.54 Å². The third-order valence-electron chi connectivity index (χ3n) is 5.11. The van der Waals surface area contributed by atoms with Crippen LogP contribution in [0.3, 0.4) is 0 Å². The normalized spacial score (nSPS) is 28.4. The number of hydrogen-bond acceptors (Lipinski definition) is 10. The molecule has 5 unspecified atom stereocenters. The maximum atomic E-state index is 12.3. The van der Waals surface area contributed by atoms with Crippen molar-refractivity contribution in [3.8, 4) is 0 Å². The van der Waals surface area contributed by atoms with Crippen molar-refractivity contribution in [1.29, 1.82) is 0 Å². The fraction of sp³-hybridized carbons (Fsp3) is 0.444. The molecule has 0 saturated carbocycles. The largest absolute Gasteiger partial charge is 0.394 e. The highest BCUT2D eigenvalue weighted by Gasteiger charge is 2.50. The van der Waals surface area contributed by atoms with Crippen LogP contribution in [0.1, 0.15) is 5.56 Å². The molecule has 0 radical (unpaired) electrons. The number of benzene rings is 1. The molecule has 1 aromatic heterocycles. The van der Waals surface area contributed by atoms with Gasteiger partial charge in [-0.25, -0.2) is 0 Å². The van der Waals surface area contributed by atoms with E-state index in [2.05, 4.69) is 20.6 Å². The Morgan fingerprint density at radius 3 is 2.69 bits per heavy atom. The third-order valence-corrected chi connectivity index (χ3v) is 5.11. The van der Waals surface area contributed by atoms with Gasteiger partial charge in [0.05, 0.1) is 6.61 Å². The van der Waals surface area contributed by atoms with Crippen LogP contribution in [0.4, 0.5) is 17.5 Å². The number of aliphatic hydroxyl groups excluding tert-OH is 3. The van der Waals surface area contributed by atoms with E-state index in [0.29, 0.717) is 6.54 Å². The van der Waals surface area contributed by atoms with Gasteiger partial charge in [-0.3, -0.25) is 20.0 Å². The fourth-order valence-electron chi connectivity index (χ4n) is 3.65. The maximum absolute atomic E-state index is 12.3. The Labute approximate surface area is 166 Å². The van der Waals surface area contributed by atoms with Crippen molar-refractivity contribution >= 4 is 17.5 Å². The number of ether oxygens (including phenoxy) is 1. The van der Waals surface area contributed by atoms with Crippen LogP contribution in [0.25, 0.3) is 0 Å². The van der Waals surface area contributed by atoms with Crippen LogP contribution in [0.15, 0.2) is 35.1 Å². The van der Waals surface area contributed by atoms with E-state index in [4.69, 9.17) is 10.5 Å². The minimum absolute atomic E-state index is 0.0859. The molecule has 1 saturated heterocycles. The van der Waals surface area contributed by atoms with E-state index in [0.717, 1.165) is 12.0 Å². The Morgan fingerprint density at radius 1 is 1.24 bits per heavy atom. The third kappa shape index (κ3) is 3.66. The van der Waals surface area contributed by atoms with Crippen LogP contribution in [-0.2, 0) is 11.2 Å². The number of nitrogens with two attached hydrogens (primary N) is 1. The number of nitrogen functional groups attached to an aromatic ring is 1. The van der Waals surface area contributed by atoms with Crippen LogP contribution >= 0.6 is 0 Å². The van der Waals surface area contributed by atoms with Crippen molar-refractivity contribution in [2.75, 3.05) is 29.1 Å². The first-order valence-electron chi connectivity index (χ1n) is 9.34. The van der Waals surface area contributed by atoms with Gasteiger partial charge < -0.3 is 31.1 Å². The molecule has 8 N–H and O–H groups in total. The summed E-state index contributed by atoms with van der Waals surface area (Å²) in [6.45, 7) is 0.0915. The van der Waals surface area contributed by atoms with E-state index in [-0.39, 0.29) is 17.5 Å². The number of rotatable bonds is 6. The molecule has 2 aliphatic rings. The minimum atomic E-state index is -1.32. The molecule has 0 aliphatic carbocycles. The minimum Gasteiger partial charge on any atom is -0.394 e. The van der Waals surface area contributed by atoms with Crippen molar-refractivity contribution in [3.63, 3.8) is 0 Å². The molecule has 0 amide bonds. The Morgan fingerprint density at radius 2 is 2.00 bits per heavy atom. The predicted octanol–water partition coefficient (Wildman–Crippen LogP) is -1.86. The van der Waals surface area contributed by atoms with Gasteiger partial charge in [0.25, 0.3) is 5.56 Å². The van der Waals surface area contributed by atoms with E-state index in [1.807, 2.05) is 30.3 Å². The second kappa shape index (κ2) is 7.97. The summed E-state index contributed by atoms with van der Waals surface area (Å²) < 4.78 is 5.65. The average Bonchev–Trinajstić information content (AvgIpc) is 3.20. The molecular formula is C18H24N6O5. The molecule has 0 spiro atoms. The summed E-state index contributed by atoms with van der Waals surface area (Å²) in [4.78, 5) is 20.4. The Balaban J connectivity index is 1.58. The first-order chi connectivity index (χ1) is 14.0. The highest BCUT2D eigenvalue weighted by atomic mass is 16.6. The number of aliphatic hydroxyl groups is 3. The van der Waals surface area contributed by atoms with Gasteiger partial charge in [0.1, 0.15) is 24.0 Å². The maximum Gasteiger partial charge on any atom is 0.277 e. The van der Waals surface area contributed by atoms with E-state index < -0.39 is 43.0 Å². The van der Waals surface area contributed by atoms with E-state index in [1.165, 1.54) is 4.90 Å². The number of anilines is 3. The van der Waals surface area contributed by atoms with Gasteiger partial charge >= 0.3 is 0 Å². The Hall–Kier alpha value is -2.70. The molecule has 5 atom stereocenters. The van der Waals surface area contributed by atoms with Crippen molar-refractivity contribution in [2.24, 2.45) is 0 Å². The summed E-state index contributed by atoms with van der Waals surface area (Å²) in [6.07, 6.45) is -4.51. The van der Waals surface area contributed by atoms with Gasteiger partial charge in [-0.15, -0.1) is 0 Å². The number of nitrogens with zero attached hydrogens (tertiary/aromatic N) is 2. The summed E-state index contributed by atoms with van der Waals surface area (Å²) in [5.74, 6) is 0.107. The van der Waals surface area contributed by atoms with E-state index in [9.17, 15) is 20.1 Å². The number of aromatic amines is 1. The Kier molecular flexibility index (Phi) is 5.39. The first-order valence-corrected chi connectivity index (χ1v) is 9.34. The summed E-state index contributed by atoms with van der Waals surface area (Å²) >= 11 is 0. The molecule has 156 valence electrons. The number of nitrogens with one attached hydrogen (secondary N) is 3. The Bertz CT molecular complexity index is 909. The molecule has 0 bridgehead atoms. The van der Waals surface area contributed by atoms with Gasteiger partial charge in [-0.1, -0.05) is 30.3 Å². The lowest BCUT2D eigenvalue weighted by Gasteiger charge is -2.33. The second-order valence-electron chi connectivity index (χ2n) is 7.02. The van der Waals surface area contributed by atoms with Gasteiger partial charge in [0.2, 0.25) is 5.95 Å². The van der Waals surface area contributed by atoms with Crippen molar-refractivity contribution in [1.82, 2.24) is 15.3 Å². The van der Waals surface area contributed by atoms with Crippen molar-refractivity contribution in [3.05, 3.63) is 46.2 Å². The fourth-order valence-corrected chi connectivity index (χ4v) is 3.65. The average molecular weight is 404 g/mol. The highest BCUT2D eigenvalue weighted by Crippen LogP contribution is 2.35. The zero-order valence-electron chi connectivity index (χ0n) is 15.5. The zero-order valence-corrected chi connectivity index (χ0v) is 15.5. The summed E-state index contributed by atoms with van der Waals surface area (Å²) in [5, 5.41) is 36.3. The number of aromatic nitrogens is 2. The molecule has 1 aromatic carbocycles. The number of hydrogen-bond donors (Lipinski definition) is 7. The molecule has 2 aliphatic heterocycles. The van der Waals surface area contributed by atoms with Crippen LogP contribution in [0, 0.1) is 0 Å². The van der Waals surface area contributed by atoms with Gasteiger partial charge in [0.15, 0.2) is 18.3 Å². The highest BCUT2D eigenvalue weighted by molar-refractivity contribution is 5.72. The van der Waals surface area contributed by atoms with E-state index in [1.54, 1.807) is 0 Å². The lowest BCUT2D eigenvalue weighted by atomic mass is 10.1.